The van der Waals surface area contributed by atoms with Crippen LogP contribution < -0.4 is 0 Å². The van der Waals surface area contributed by atoms with Gasteiger partial charge in [0.25, 0.3) is 0 Å². The highest BCUT2D eigenvalue weighted by Gasteiger charge is 2.03. The molecular weight excluding hydrogens is 98.1 g/mol. The number of terminal acetylenes is 1. The average Bonchev–Trinajstić information content (AvgIpc) is 1.59. The second-order valence-corrected chi connectivity index (χ2v) is 2.61. The zero-order valence-corrected chi connectivity index (χ0v) is 5.65. The zero-order valence-electron chi connectivity index (χ0n) is 5.65. The van der Waals surface area contributed by atoms with Crippen LogP contribution in [0.2, 0.25) is 0 Å². The van der Waals surface area contributed by atoms with E-state index >= 15 is 0 Å². The first-order valence-corrected chi connectivity index (χ1v) is 2.67. The van der Waals surface area contributed by atoms with E-state index in [1.165, 1.54) is 0 Å². The summed E-state index contributed by atoms with van der Waals surface area (Å²) in [5, 5.41) is 0. The van der Waals surface area contributed by atoms with Crippen molar-refractivity contribution in [3.8, 4) is 12.3 Å². The molecule has 0 unspecified atom stereocenters. The Kier molecular flexibility index (Phi) is 2.57. The summed E-state index contributed by atoms with van der Waals surface area (Å²) in [7, 11) is 7.90. The van der Waals surface area contributed by atoms with E-state index in [4.69, 9.17) is 6.42 Å². The molecule has 1 nitrogen and oxygen atoms in total. The van der Waals surface area contributed by atoms with Gasteiger partial charge in [0.2, 0.25) is 0 Å². The minimum Gasteiger partial charge on any atom is -0.323 e. The Balaban J connectivity index is 3.28. The lowest BCUT2D eigenvalue weighted by atomic mass is 10.4. The summed E-state index contributed by atoms with van der Waals surface area (Å²) in [6, 6.07) is 0. The molecule has 0 aromatic carbocycles. The van der Waals surface area contributed by atoms with Gasteiger partial charge in [0.1, 0.15) is 7.05 Å². The van der Waals surface area contributed by atoms with E-state index in [1.54, 1.807) is 0 Å². The molecule has 0 N–H and O–H groups in total. The summed E-state index contributed by atoms with van der Waals surface area (Å²) in [5.41, 5.74) is 0. The standard InChI is InChI=1S/C7H13N/c1-5-6-7-8(2,3)4/h1H,2,6-7H2,3-4H3/q+1. The normalized spacial score (nSPS) is 10.8. The molecule has 1 heteroatoms. The molecule has 0 aliphatic rings. The molecule has 0 rings (SSSR count). The second kappa shape index (κ2) is 2.74. The van der Waals surface area contributed by atoms with Gasteiger partial charge in [-0.3, -0.25) is 0 Å². The number of hydrogen-bond acceptors (Lipinski definition) is 0. The van der Waals surface area contributed by atoms with Crippen LogP contribution in [-0.2, 0) is 0 Å². The third-order valence-corrected chi connectivity index (χ3v) is 0.861. The molecule has 0 bridgehead atoms. The Hall–Kier alpha value is -0.480. The van der Waals surface area contributed by atoms with Crippen LogP contribution in [0.4, 0.5) is 0 Å². The Labute approximate surface area is 51.9 Å². The Morgan fingerprint density at radius 2 is 2.12 bits per heavy atom. The molecule has 0 spiro atoms. The maximum absolute atomic E-state index is 5.05. The molecule has 8 heavy (non-hydrogen) atoms. The van der Waals surface area contributed by atoms with Crippen LogP contribution in [0.3, 0.4) is 0 Å². The van der Waals surface area contributed by atoms with Gasteiger partial charge in [0, 0.05) is 0 Å². The van der Waals surface area contributed by atoms with E-state index < -0.39 is 0 Å². The lowest BCUT2D eigenvalue weighted by molar-refractivity contribution is -0.844. The molecule has 0 heterocycles. The summed E-state index contributed by atoms with van der Waals surface area (Å²) >= 11 is 0. The average molecular weight is 111 g/mol. The first-order valence-electron chi connectivity index (χ1n) is 2.67. The van der Waals surface area contributed by atoms with E-state index in [2.05, 4.69) is 13.0 Å². The fraction of sp³-hybridized carbons (Fsp3) is 0.571. The van der Waals surface area contributed by atoms with Gasteiger partial charge in [-0.15, -0.1) is 12.3 Å². The third kappa shape index (κ3) is 5.52. The smallest absolute Gasteiger partial charge is 0.128 e. The van der Waals surface area contributed by atoms with Gasteiger partial charge in [-0.05, 0) is 0 Å². The number of hydrogen-bond donors (Lipinski definition) is 0. The van der Waals surface area contributed by atoms with Gasteiger partial charge in [-0.1, -0.05) is 0 Å². The van der Waals surface area contributed by atoms with Crippen molar-refractivity contribution < 1.29 is 4.48 Å². The zero-order chi connectivity index (χ0) is 6.62. The van der Waals surface area contributed by atoms with E-state index in [-0.39, 0.29) is 0 Å². The van der Waals surface area contributed by atoms with Crippen molar-refractivity contribution in [2.45, 2.75) is 6.42 Å². The van der Waals surface area contributed by atoms with Crippen molar-refractivity contribution in [2.24, 2.45) is 0 Å². The minimum absolute atomic E-state index is 0.712. The molecule has 0 aliphatic heterocycles. The quantitative estimate of drug-likeness (QED) is 0.366. The Morgan fingerprint density at radius 3 is 2.25 bits per heavy atom. The highest BCUT2D eigenvalue weighted by Crippen LogP contribution is 1.92. The predicted octanol–water partition coefficient (Wildman–Crippen LogP) is 0.878. The molecule has 0 saturated carbocycles. The van der Waals surface area contributed by atoms with Crippen LogP contribution >= 0.6 is 0 Å². The molecule has 0 fully saturated rings. The van der Waals surface area contributed by atoms with Gasteiger partial charge < -0.3 is 4.48 Å². The molecule has 1 radical (unpaired) electrons. The molecule has 45 valence electrons. The maximum atomic E-state index is 5.05. The number of rotatable bonds is 2. The highest BCUT2D eigenvalue weighted by molar-refractivity contribution is 4.82. The summed E-state index contributed by atoms with van der Waals surface area (Å²) in [6.07, 6.45) is 5.86. The lowest BCUT2D eigenvalue weighted by Gasteiger charge is -2.21. The topological polar surface area (TPSA) is 0 Å². The van der Waals surface area contributed by atoms with Crippen LogP contribution in [0, 0.1) is 19.4 Å². The summed E-state index contributed by atoms with van der Waals surface area (Å²) in [4.78, 5) is 0. The summed E-state index contributed by atoms with van der Waals surface area (Å²) < 4.78 is 0.712. The monoisotopic (exact) mass is 111 g/mol. The molecule has 0 aromatic rings. The fourth-order valence-electron chi connectivity index (χ4n) is 0.367. The van der Waals surface area contributed by atoms with Gasteiger partial charge in [0.05, 0.1) is 27.1 Å². The second-order valence-electron chi connectivity index (χ2n) is 2.61. The van der Waals surface area contributed by atoms with E-state index in [1.807, 2.05) is 14.1 Å². The van der Waals surface area contributed by atoms with Crippen LogP contribution in [0.5, 0.6) is 0 Å². The first kappa shape index (κ1) is 7.52. The van der Waals surface area contributed by atoms with Crippen molar-refractivity contribution >= 4 is 0 Å². The van der Waals surface area contributed by atoms with Gasteiger partial charge in [-0.25, -0.2) is 0 Å². The van der Waals surface area contributed by atoms with Crippen LogP contribution in [0.25, 0.3) is 0 Å². The molecule has 0 saturated heterocycles. The fourth-order valence-corrected chi connectivity index (χ4v) is 0.367. The molecular formula is C7H13N+. The SMILES string of the molecule is C#CCC[N+]([CH2])(C)C. The Bertz CT molecular complexity index is 91.9. The van der Waals surface area contributed by atoms with E-state index in [0.717, 1.165) is 13.0 Å². The van der Waals surface area contributed by atoms with Gasteiger partial charge in [0.15, 0.2) is 0 Å². The van der Waals surface area contributed by atoms with E-state index in [0.29, 0.717) is 4.48 Å². The van der Waals surface area contributed by atoms with Crippen molar-refractivity contribution in [1.82, 2.24) is 0 Å². The molecule has 0 aliphatic carbocycles. The maximum Gasteiger partial charge on any atom is 0.128 e. The molecule has 0 amide bonds. The molecule has 0 aromatic heterocycles. The van der Waals surface area contributed by atoms with Crippen LogP contribution in [-0.4, -0.2) is 25.1 Å². The largest absolute Gasteiger partial charge is 0.323 e. The predicted molar refractivity (Wildman–Crippen MR) is 35.8 cm³/mol. The van der Waals surface area contributed by atoms with Crippen molar-refractivity contribution in [3.63, 3.8) is 0 Å². The summed E-state index contributed by atoms with van der Waals surface area (Å²) in [6.45, 7) is 0.955. The van der Waals surface area contributed by atoms with Crippen molar-refractivity contribution in [2.75, 3.05) is 20.6 Å². The third-order valence-electron chi connectivity index (χ3n) is 0.861. The van der Waals surface area contributed by atoms with Crippen LogP contribution in [0.1, 0.15) is 6.42 Å². The van der Waals surface area contributed by atoms with Gasteiger partial charge in [-0.2, -0.15) is 0 Å². The highest BCUT2D eigenvalue weighted by atomic mass is 15.3. The minimum atomic E-state index is 0.712. The van der Waals surface area contributed by atoms with Crippen molar-refractivity contribution in [3.05, 3.63) is 7.05 Å². The Morgan fingerprint density at radius 1 is 1.62 bits per heavy atom. The van der Waals surface area contributed by atoms with E-state index in [9.17, 15) is 0 Å². The molecule has 0 atom stereocenters. The van der Waals surface area contributed by atoms with Crippen molar-refractivity contribution in [1.29, 1.82) is 0 Å². The van der Waals surface area contributed by atoms with Crippen LogP contribution in [0.15, 0.2) is 0 Å². The lowest BCUT2D eigenvalue weighted by Crippen LogP contribution is -2.32. The number of quaternary nitrogens is 1. The van der Waals surface area contributed by atoms with Gasteiger partial charge >= 0.3 is 0 Å². The first-order chi connectivity index (χ1) is 3.56. The number of nitrogens with zero attached hydrogens (tertiary/aromatic N) is 1. The summed E-state index contributed by atoms with van der Waals surface area (Å²) in [5.74, 6) is 2.57.